The second-order valence-corrected chi connectivity index (χ2v) is 9.22. The third kappa shape index (κ3) is 3.85. The number of hydrogen-bond acceptors (Lipinski definition) is 7. The van der Waals surface area contributed by atoms with Gasteiger partial charge in [-0.25, -0.2) is 9.97 Å². The van der Waals surface area contributed by atoms with E-state index in [-0.39, 0.29) is 18.4 Å². The smallest absolute Gasteiger partial charge is 0.261 e. The molecular weight excluding hydrogens is 435 g/mol. The van der Waals surface area contributed by atoms with Crippen LogP contribution in [0.25, 0.3) is 21.5 Å². The number of ether oxygens (including phenoxy) is 1. The number of nitrogens with zero attached hydrogens (tertiary/aromatic N) is 2. The van der Waals surface area contributed by atoms with Crippen molar-refractivity contribution in [2.75, 3.05) is 18.9 Å². The quantitative estimate of drug-likeness (QED) is 0.556. The number of carbonyl (C=O) groups excluding carboxylic acids is 1. The van der Waals surface area contributed by atoms with Crippen LogP contribution in [0, 0.1) is 0 Å². The van der Waals surface area contributed by atoms with Gasteiger partial charge < -0.3 is 20.9 Å². The number of benzene rings is 1. The molecule has 1 amide bonds. The van der Waals surface area contributed by atoms with E-state index in [9.17, 15) is 9.90 Å². The zero-order valence-electron chi connectivity index (χ0n) is 15.7. The Morgan fingerprint density at radius 1 is 1.34 bits per heavy atom. The van der Waals surface area contributed by atoms with E-state index in [1.807, 2.05) is 0 Å². The molecule has 4 N–H and O–H groups in total. The minimum absolute atomic E-state index is 0.0801. The van der Waals surface area contributed by atoms with Crippen molar-refractivity contribution in [2.45, 2.75) is 25.9 Å². The molecule has 0 radical (unpaired) electrons. The molecule has 29 heavy (non-hydrogen) atoms. The number of amides is 1. The van der Waals surface area contributed by atoms with Gasteiger partial charge in [0.15, 0.2) is 0 Å². The normalized spacial score (nSPS) is 13.4. The van der Waals surface area contributed by atoms with Gasteiger partial charge in [0.25, 0.3) is 5.91 Å². The van der Waals surface area contributed by atoms with Crippen molar-refractivity contribution in [3.8, 4) is 17.0 Å². The highest BCUT2D eigenvalue weighted by atomic mass is 35.5. The van der Waals surface area contributed by atoms with Gasteiger partial charge in [0, 0.05) is 29.5 Å². The lowest BCUT2D eigenvalue weighted by molar-refractivity contribution is 0.0696. The molecule has 0 saturated carbocycles. The molecule has 0 atom stereocenters. The number of rotatable bonds is 4. The third-order valence-electron chi connectivity index (χ3n) is 4.44. The predicted octanol–water partition coefficient (Wildman–Crippen LogP) is 3.68. The van der Waals surface area contributed by atoms with Gasteiger partial charge in [0.05, 0.1) is 32.8 Å². The fourth-order valence-corrected chi connectivity index (χ4v) is 4.78. The molecule has 152 valence electrons. The van der Waals surface area contributed by atoms with Crippen molar-refractivity contribution >= 4 is 56.6 Å². The Bertz CT molecular complexity index is 1140. The lowest BCUT2D eigenvalue weighted by Crippen LogP contribution is -2.37. The van der Waals surface area contributed by atoms with Crippen LogP contribution < -0.4 is 15.8 Å². The second-order valence-electron chi connectivity index (χ2n) is 7.38. The van der Waals surface area contributed by atoms with Gasteiger partial charge in [-0.15, -0.1) is 11.3 Å². The van der Waals surface area contributed by atoms with E-state index in [1.165, 1.54) is 11.3 Å². The molecule has 0 aliphatic carbocycles. The van der Waals surface area contributed by atoms with Gasteiger partial charge in [-0.1, -0.05) is 23.2 Å². The van der Waals surface area contributed by atoms with Crippen molar-refractivity contribution in [2.24, 2.45) is 0 Å². The molecule has 0 saturated heterocycles. The van der Waals surface area contributed by atoms with Gasteiger partial charge in [0.1, 0.15) is 10.6 Å². The molecule has 7 nitrogen and oxygen atoms in total. The Morgan fingerprint density at radius 2 is 2.10 bits per heavy atom. The van der Waals surface area contributed by atoms with E-state index in [2.05, 4.69) is 15.3 Å². The molecular formula is C19H18Cl2N4O3S. The molecule has 4 rings (SSSR count). The highest BCUT2D eigenvalue weighted by molar-refractivity contribution is 7.20. The zero-order chi connectivity index (χ0) is 20.9. The first-order chi connectivity index (χ1) is 13.6. The highest BCUT2D eigenvalue weighted by Gasteiger charge is 2.27. The summed E-state index contributed by atoms with van der Waals surface area (Å²) in [5.74, 6) is 0.363. The summed E-state index contributed by atoms with van der Waals surface area (Å²) in [6.45, 7) is 3.86. The van der Waals surface area contributed by atoms with Crippen LogP contribution in [-0.4, -0.2) is 39.7 Å². The molecule has 3 heterocycles. The first kappa shape index (κ1) is 20.2. The number of nitrogens with one attached hydrogen (secondary N) is 1. The number of thiophene rings is 1. The number of halogens is 2. The predicted molar refractivity (Wildman–Crippen MR) is 115 cm³/mol. The number of fused-ring (bicyclic) bond motifs is 2. The van der Waals surface area contributed by atoms with Crippen LogP contribution in [0.15, 0.2) is 12.1 Å². The maximum atomic E-state index is 12.5. The number of anilines is 1. The van der Waals surface area contributed by atoms with E-state index in [4.69, 9.17) is 33.7 Å². The Hall–Kier alpha value is -2.13. The van der Waals surface area contributed by atoms with Crippen molar-refractivity contribution in [1.29, 1.82) is 0 Å². The lowest BCUT2D eigenvalue weighted by Gasteiger charge is -2.17. The molecule has 0 unspecified atom stereocenters. The number of nitrogen functional groups attached to an aromatic ring is 1. The first-order valence-corrected chi connectivity index (χ1v) is 10.4. The second kappa shape index (κ2) is 7.28. The Labute approximate surface area is 180 Å². The van der Waals surface area contributed by atoms with E-state index in [0.29, 0.717) is 55.2 Å². The number of nitrogens with two attached hydrogens (primary N) is 1. The van der Waals surface area contributed by atoms with Gasteiger partial charge in [-0.05, 0) is 26.0 Å². The van der Waals surface area contributed by atoms with E-state index in [0.717, 1.165) is 5.56 Å². The van der Waals surface area contributed by atoms with Crippen molar-refractivity contribution in [1.82, 2.24) is 15.3 Å². The number of aromatic nitrogens is 2. The topological polar surface area (TPSA) is 110 Å². The highest BCUT2D eigenvalue weighted by Crippen LogP contribution is 2.46. The summed E-state index contributed by atoms with van der Waals surface area (Å²) in [4.78, 5) is 22.2. The molecule has 1 aliphatic rings. The van der Waals surface area contributed by atoms with Crippen LogP contribution in [0.4, 0.5) is 5.95 Å². The van der Waals surface area contributed by atoms with Gasteiger partial charge in [-0.3, -0.25) is 4.79 Å². The van der Waals surface area contributed by atoms with E-state index < -0.39 is 5.60 Å². The molecule has 0 fully saturated rings. The molecule has 3 aromatic rings. The summed E-state index contributed by atoms with van der Waals surface area (Å²) in [5, 5.41) is 14.1. The fraction of sp³-hybridized carbons (Fsp3) is 0.316. The Morgan fingerprint density at radius 3 is 2.83 bits per heavy atom. The molecule has 0 bridgehead atoms. The molecule has 1 aromatic carbocycles. The van der Waals surface area contributed by atoms with Crippen molar-refractivity contribution in [3.05, 3.63) is 32.6 Å². The molecule has 0 spiro atoms. The maximum absolute atomic E-state index is 12.5. The van der Waals surface area contributed by atoms with Crippen LogP contribution in [-0.2, 0) is 6.42 Å². The summed E-state index contributed by atoms with van der Waals surface area (Å²) in [5.41, 5.74) is 7.01. The maximum Gasteiger partial charge on any atom is 0.261 e. The van der Waals surface area contributed by atoms with Gasteiger partial charge >= 0.3 is 0 Å². The summed E-state index contributed by atoms with van der Waals surface area (Å²) >= 11 is 14.0. The minimum Gasteiger partial charge on any atom is -0.491 e. The van der Waals surface area contributed by atoms with Gasteiger partial charge in [-0.2, -0.15) is 0 Å². The van der Waals surface area contributed by atoms with Crippen LogP contribution in [0.1, 0.15) is 29.1 Å². The number of carbonyl (C=O) groups is 1. The molecule has 10 heteroatoms. The third-order valence-corrected chi connectivity index (χ3v) is 6.04. The van der Waals surface area contributed by atoms with E-state index >= 15 is 0 Å². The van der Waals surface area contributed by atoms with Crippen molar-refractivity contribution in [3.63, 3.8) is 0 Å². The molecule has 1 aliphatic heterocycles. The average molecular weight is 453 g/mol. The van der Waals surface area contributed by atoms with Crippen LogP contribution in [0.3, 0.4) is 0 Å². The molecule has 2 aromatic heterocycles. The average Bonchev–Trinajstić information content (AvgIpc) is 3.26. The largest absolute Gasteiger partial charge is 0.491 e. The number of aliphatic hydroxyl groups is 1. The van der Waals surface area contributed by atoms with Crippen LogP contribution in [0.5, 0.6) is 5.75 Å². The monoisotopic (exact) mass is 452 g/mol. The first-order valence-electron chi connectivity index (χ1n) is 8.86. The van der Waals surface area contributed by atoms with Crippen molar-refractivity contribution < 1.29 is 14.6 Å². The summed E-state index contributed by atoms with van der Waals surface area (Å²) < 4.78 is 5.65. The Kier molecular flexibility index (Phi) is 5.06. The van der Waals surface area contributed by atoms with Crippen LogP contribution in [0.2, 0.25) is 10.0 Å². The fourth-order valence-electron chi connectivity index (χ4n) is 3.18. The summed E-state index contributed by atoms with van der Waals surface area (Å²) in [7, 11) is 0. The summed E-state index contributed by atoms with van der Waals surface area (Å²) in [6, 6.07) is 3.33. The summed E-state index contributed by atoms with van der Waals surface area (Å²) in [6.07, 6.45) is 0.638. The Balaban J connectivity index is 1.84. The standard InChI is InChI=1S/C19H18Cl2N4O3S/c1-19(2,27)7-23-16(26)12-5-9-14(24-18(22)25-17(9)29-12)13-8-3-4-28-15(8)11(21)6-10(13)20/h5-6,27H,3-4,7H2,1-2H3,(H,23,26)(H2,22,24,25). The van der Waals surface area contributed by atoms with Gasteiger partial charge in [0.2, 0.25) is 5.95 Å². The SMILES string of the molecule is CC(C)(O)CNC(=O)c1cc2c(-c3c(Cl)cc(Cl)c4c3CCO4)nc(N)nc2s1. The van der Waals surface area contributed by atoms with Crippen LogP contribution >= 0.6 is 34.5 Å². The zero-order valence-corrected chi connectivity index (χ0v) is 18.0. The minimum atomic E-state index is -1.01. The lowest BCUT2D eigenvalue weighted by atomic mass is 10.00. The number of hydrogen-bond donors (Lipinski definition) is 3. The van der Waals surface area contributed by atoms with E-state index in [1.54, 1.807) is 26.0 Å².